The summed E-state index contributed by atoms with van der Waals surface area (Å²) in [6.45, 7) is 5.41. The molecule has 1 aliphatic heterocycles. The molecule has 132 valence electrons. The Morgan fingerprint density at radius 3 is 2.40 bits per heavy atom. The Bertz CT molecular complexity index is 758. The number of anilines is 1. The average molecular weight is 378 g/mol. The molecule has 2 amide bonds. The summed E-state index contributed by atoms with van der Waals surface area (Å²) < 4.78 is 0. The number of amides is 2. The van der Waals surface area contributed by atoms with Crippen molar-refractivity contribution in [2.24, 2.45) is 0 Å². The highest BCUT2D eigenvalue weighted by Crippen LogP contribution is 2.27. The van der Waals surface area contributed by atoms with E-state index in [1.54, 1.807) is 0 Å². The highest BCUT2D eigenvalue weighted by atomic mass is 35.5. The van der Waals surface area contributed by atoms with E-state index in [0.717, 1.165) is 34.9 Å². The van der Waals surface area contributed by atoms with Gasteiger partial charge in [0.15, 0.2) is 0 Å². The Kier molecular flexibility index (Phi) is 5.71. The second-order valence-electron chi connectivity index (χ2n) is 6.11. The normalized spacial score (nSPS) is 14.5. The van der Waals surface area contributed by atoms with Gasteiger partial charge in [-0.15, -0.1) is 0 Å². The van der Waals surface area contributed by atoms with Gasteiger partial charge in [0.1, 0.15) is 0 Å². The number of nitrogens with zero attached hydrogens (tertiary/aromatic N) is 2. The lowest BCUT2D eigenvalue weighted by molar-refractivity contribution is 0.194. The van der Waals surface area contributed by atoms with Crippen LogP contribution < -0.4 is 10.2 Å². The number of urea groups is 1. The first-order valence-corrected chi connectivity index (χ1v) is 9.08. The van der Waals surface area contributed by atoms with Gasteiger partial charge in [-0.25, -0.2) is 4.79 Å². The zero-order valence-electron chi connectivity index (χ0n) is 14.1. The molecule has 1 saturated heterocycles. The van der Waals surface area contributed by atoms with Gasteiger partial charge >= 0.3 is 6.03 Å². The van der Waals surface area contributed by atoms with Crippen LogP contribution in [0.1, 0.15) is 11.1 Å². The molecule has 1 fully saturated rings. The molecule has 1 aliphatic rings. The Labute approximate surface area is 158 Å². The van der Waals surface area contributed by atoms with Gasteiger partial charge in [0.2, 0.25) is 0 Å². The molecule has 0 saturated carbocycles. The summed E-state index contributed by atoms with van der Waals surface area (Å²) in [5.41, 5.74) is 3.15. The van der Waals surface area contributed by atoms with Gasteiger partial charge in [0.05, 0.1) is 0 Å². The number of rotatable bonds is 3. The van der Waals surface area contributed by atoms with E-state index in [1.807, 2.05) is 48.2 Å². The minimum atomic E-state index is -0.0533. The topological polar surface area (TPSA) is 35.6 Å². The summed E-state index contributed by atoms with van der Waals surface area (Å²) in [5, 5.41) is 4.39. The molecule has 1 N–H and O–H groups in total. The quantitative estimate of drug-likeness (QED) is 0.863. The third-order valence-electron chi connectivity index (χ3n) is 4.53. The summed E-state index contributed by atoms with van der Waals surface area (Å²) in [4.78, 5) is 16.5. The standard InChI is InChI=1S/C19H21Cl2N3O/c1-14-16(20)7-4-8-18(14)23-9-11-24(12-10-23)19(25)22-13-15-5-2-3-6-17(15)21/h2-8H,9-13H2,1H3,(H,22,25). The van der Waals surface area contributed by atoms with Crippen molar-refractivity contribution in [1.82, 2.24) is 10.2 Å². The smallest absolute Gasteiger partial charge is 0.317 e. The molecule has 0 spiro atoms. The van der Waals surface area contributed by atoms with Crippen molar-refractivity contribution >= 4 is 34.9 Å². The molecule has 0 aromatic heterocycles. The zero-order valence-corrected chi connectivity index (χ0v) is 15.6. The largest absolute Gasteiger partial charge is 0.368 e. The zero-order chi connectivity index (χ0) is 17.8. The van der Waals surface area contributed by atoms with E-state index in [1.165, 1.54) is 0 Å². The van der Waals surface area contributed by atoms with Crippen molar-refractivity contribution < 1.29 is 4.79 Å². The number of benzene rings is 2. The minimum Gasteiger partial charge on any atom is -0.368 e. The lowest BCUT2D eigenvalue weighted by atomic mass is 10.1. The first-order chi connectivity index (χ1) is 12.1. The number of piperazine rings is 1. The molecular formula is C19H21Cl2N3O. The lowest BCUT2D eigenvalue weighted by Gasteiger charge is -2.36. The minimum absolute atomic E-state index is 0.0533. The number of hydrogen-bond donors (Lipinski definition) is 1. The highest BCUT2D eigenvalue weighted by Gasteiger charge is 2.22. The Balaban J connectivity index is 1.54. The van der Waals surface area contributed by atoms with Crippen LogP contribution in [-0.4, -0.2) is 37.1 Å². The van der Waals surface area contributed by atoms with Gasteiger partial charge in [-0.1, -0.05) is 47.5 Å². The van der Waals surface area contributed by atoms with Crippen LogP contribution >= 0.6 is 23.2 Å². The number of halogens is 2. The van der Waals surface area contributed by atoms with Crippen molar-refractivity contribution in [1.29, 1.82) is 0 Å². The monoisotopic (exact) mass is 377 g/mol. The van der Waals surface area contributed by atoms with Gasteiger partial charge in [-0.05, 0) is 36.2 Å². The van der Waals surface area contributed by atoms with Crippen molar-refractivity contribution in [2.75, 3.05) is 31.1 Å². The molecule has 3 rings (SSSR count). The Morgan fingerprint density at radius 2 is 1.68 bits per heavy atom. The highest BCUT2D eigenvalue weighted by molar-refractivity contribution is 6.31. The van der Waals surface area contributed by atoms with E-state index in [4.69, 9.17) is 23.2 Å². The Morgan fingerprint density at radius 1 is 1.00 bits per heavy atom. The van der Waals surface area contributed by atoms with Crippen molar-refractivity contribution in [3.05, 3.63) is 63.6 Å². The van der Waals surface area contributed by atoms with Crippen LogP contribution in [0.15, 0.2) is 42.5 Å². The molecule has 0 bridgehead atoms. The number of hydrogen-bond acceptors (Lipinski definition) is 2. The third-order valence-corrected chi connectivity index (χ3v) is 5.31. The van der Waals surface area contributed by atoms with Gasteiger partial charge < -0.3 is 15.1 Å². The number of nitrogens with one attached hydrogen (secondary N) is 1. The second kappa shape index (κ2) is 7.98. The van der Waals surface area contributed by atoms with E-state index in [2.05, 4.69) is 16.3 Å². The second-order valence-corrected chi connectivity index (χ2v) is 6.92. The van der Waals surface area contributed by atoms with Crippen LogP contribution in [0.3, 0.4) is 0 Å². The number of carbonyl (C=O) groups is 1. The maximum Gasteiger partial charge on any atom is 0.317 e. The van der Waals surface area contributed by atoms with Gasteiger partial charge in [-0.2, -0.15) is 0 Å². The summed E-state index contributed by atoms with van der Waals surface area (Å²) in [7, 11) is 0. The van der Waals surface area contributed by atoms with Crippen LogP contribution in [0.4, 0.5) is 10.5 Å². The average Bonchev–Trinajstić information content (AvgIpc) is 2.63. The molecule has 0 aliphatic carbocycles. The summed E-state index contributed by atoms with van der Waals surface area (Å²) in [6.07, 6.45) is 0. The summed E-state index contributed by atoms with van der Waals surface area (Å²) in [5.74, 6) is 0. The molecule has 25 heavy (non-hydrogen) atoms. The van der Waals surface area contributed by atoms with Gasteiger partial charge in [-0.3, -0.25) is 0 Å². The molecule has 1 heterocycles. The van der Waals surface area contributed by atoms with Crippen LogP contribution in [-0.2, 0) is 6.54 Å². The molecule has 0 radical (unpaired) electrons. The van der Waals surface area contributed by atoms with Crippen LogP contribution in [0.25, 0.3) is 0 Å². The fourth-order valence-corrected chi connectivity index (χ4v) is 3.39. The van der Waals surface area contributed by atoms with Gasteiger partial charge in [0, 0.05) is 48.5 Å². The van der Waals surface area contributed by atoms with Crippen LogP contribution in [0.2, 0.25) is 10.0 Å². The summed E-state index contributed by atoms with van der Waals surface area (Å²) >= 11 is 12.3. The molecule has 0 atom stereocenters. The van der Waals surface area contributed by atoms with Crippen molar-refractivity contribution in [3.63, 3.8) is 0 Å². The van der Waals surface area contributed by atoms with E-state index in [0.29, 0.717) is 24.7 Å². The predicted octanol–water partition coefficient (Wildman–Crippen LogP) is 4.33. The SMILES string of the molecule is Cc1c(Cl)cccc1N1CCN(C(=O)NCc2ccccc2Cl)CC1. The van der Waals surface area contributed by atoms with Crippen LogP contribution in [0, 0.1) is 6.92 Å². The summed E-state index contributed by atoms with van der Waals surface area (Å²) in [6, 6.07) is 13.4. The van der Waals surface area contributed by atoms with Crippen LogP contribution in [0.5, 0.6) is 0 Å². The fraction of sp³-hybridized carbons (Fsp3) is 0.316. The maximum absolute atomic E-state index is 12.4. The van der Waals surface area contributed by atoms with E-state index in [-0.39, 0.29) is 6.03 Å². The predicted molar refractivity (Wildman–Crippen MR) is 104 cm³/mol. The number of carbonyl (C=O) groups excluding carboxylic acids is 1. The first-order valence-electron chi connectivity index (χ1n) is 8.32. The van der Waals surface area contributed by atoms with E-state index >= 15 is 0 Å². The molecule has 0 unspecified atom stereocenters. The molecule has 2 aromatic carbocycles. The van der Waals surface area contributed by atoms with E-state index in [9.17, 15) is 4.79 Å². The lowest BCUT2D eigenvalue weighted by Crippen LogP contribution is -2.51. The third kappa shape index (κ3) is 4.20. The van der Waals surface area contributed by atoms with E-state index < -0.39 is 0 Å². The molecular weight excluding hydrogens is 357 g/mol. The first kappa shape index (κ1) is 17.9. The van der Waals surface area contributed by atoms with Gasteiger partial charge in [0.25, 0.3) is 0 Å². The molecule has 6 heteroatoms. The fourth-order valence-electron chi connectivity index (χ4n) is 3.01. The molecule has 4 nitrogen and oxygen atoms in total. The Hall–Kier alpha value is -1.91. The van der Waals surface area contributed by atoms with Crippen molar-refractivity contribution in [2.45, 2.75) is 13.5 Å². The molecule has 2 aromatic rings. The maximum atomic E-state index is 12.4. The van der Waals surface area contributed by atoms with Crippen molar-refractivity contribution in [3.8, 4) is 0 Å².